The van der Waals surface area contributed by atoms with Crippen LogP contribution in [0.1, 0.15) is 88.9 Å². The van der Waals surface area contributed by atoms with Crippen LogP contribution in [0.25, 0.3) is 5.69 Å². The summed E-state index contributed by atoms with van der Waals surface area (Å²) in [6.45, 7) is 1.80. The van der Waals surface area contributed by atoms with Crippen molar-refractivity contribution in [1.82, 2.24) is 14.8 Å². The number of aromatic nitrogens is 3. The Hall–Kier alpha value is -1.49. The minimum absolute atomic E-state index is 0.465. The van der Waals surface area contributed by atoms with Gasteiger partial charge in [0.15, 0.2) is 4.77 Å². The first kappa shape index (κ1) is 21.8. The van der Waals surface area contributed by atoms with E-state index in [1.807, 2.05) is 22.8 Å². The van der Waals surface area contributed by atoms with E-state index >= 15 is 0 Å². The van der Waals surface area contributed by atoms with Gasteiger partial charge < -0.3 is 0 Å². The van der Waals surface area contributed by atoms with Gasteiger partial charge in [0, 0.05) is 12.1 Å². The van der Waals surface area contributed by atoms with Crippen LogP contribution < -0.4 is 0 Å². The van der Waals surface area contributed by atoms with Crippen molar-refractivity contribution in [3.05, 3.63) is 40.4 Å². The van der Waals surface area contributed by atoms with Gasteiger partial charge in [0.1, 0.15) is 12.5 Å². The van der Waals surface area contributed by atoms with Crippen molar-refractivity contribution >= 4 is 12.2 Å². The van der Waals surface area contributed by atoms with Crippen molar-refractivity contribution in [3.63, 3.8) is 0 Å². The first-order valence-electron chi connectivity index (χ1n) is 10.6. The number of nitrogens with zero attached hydrogens (tertiary/aromatic N) is 2. The summed E-state index contributed by atoms with van der Waals surface area (Å²) in [5.74, 6) is 0.937. The van der Waals surface area contributed by atoms with Gasteiger partial charge in [0.05, 0.1) is 0 Å². The molecule has 1 aromatic heterocycles. The minimum atomic E-state index is -0.465. The molecule has 150 valence electrons. The van der Waals surface area contributed by atoms with Gasteiger partial charge in [-0.05, 0) is 36.3 Å². The predicted molar refractivity (Wildman–Crippen MR) is 114 cm³/mol. The Morgan fingerprint density at radius 2 is 1.59 bits per heavy atom. The fraction of sp³-hybridized carbons (Fsp3) is 0.636. The Labute approximate surface area is 168 Å². The lowest BCUT2D eigenvalue weighted by molar-refractivity contribution is 0.485. The van der Waals surface area contributed by atoms with E-state index in [-0.39, 0.29) is 0 Å². The standard InChI is InChI=1S/C22H34FN3S/c1-2-3-4-5-6-7-8-9-10-11-12-16-21-24-25-22(27)26(21)20-15-13-14-19(17-20)18-23/h13-15,17H,2-12,16,18H2,1H3,(H,25,27). The number of rotatable bonds is 14. The average Bonchev–Trinajstić information content (AvgIpc) is 3.06. The Kier molecular flexibility index (Phi) is 10.4. The topological polar surface area (TPSA) is 33.6 Å². The quantitative estimate of drug-likeness (QED) is 0.272. The van der Waals surface area contributed by atoms with Crippen LogP contribution in [0.2, 0.25) is 0 Å². The van der Waals surface area contributed by atoms with E-state index in [9.17, 15) is 4.39 Å². The third-order valence-corrected chi connectivity index (χ3v) is 5.34. The highest BCUT2D eigenvalue weighted by atomic mass is 32.1. The van der Waals surface area contributed by atoms with Gasteiger partial charge in [0.2, 0.25) is 0 Å². The number of alkyl halides is 1. The van der Waals surface area contributed by atoms with E-state index < -0.39 is 6.67 Å². The fourth-order valence-corrected chi connectivity index (χ4v) is 3.75. The molecular formula is C22H34FN3S. The highest BCUT2D eigenvalue weighted by Crippen LogP contribution is 2.17. The van der Waals surface area contributed by atoms with E-state index in [1.54, 1.807) is 6.07 Å². The molecule has 0 radical (unpaired) electrons. The molecule has 1 heterocycles. The number of hydrogen-bond donors (Lipinski definition) is 1. The van der Waals surface area contributed by atoms with Crippen LogP contribution in [0.3, 0.4) is 0 Å². The van der Waals surface area contributed by atoms with Crippen molar-refractivity contribution in [2.24, 2.45) is 0 Å². The van der Waals surface area contributed by atoms with Crippen LogP contribution in [0.4, 0.5) is 4.39 Å². The smallest absolute Gasteiger partial charge is 0.199 e. The Bertz CT molecular complexity index is 708. The molecule has 0 fully saturated rings. The van der Waals surface area contributed by atoms with E-state index in [4.69, 9.17) is 12.2 Å². The van der Waals surface area contributed by atoms with Crippen molar-refractivity contribution in [2.45, 2.75) is 90.6 Å². The molecule has 2 rings (SSSR count). The van der Waals surface area contributed by atoms with Crippen LogP contribution >= 0.6 is 12.2 Å². The van der Waals surface area contributed by atoms with Gasteiger partial charge in [-0.2, -0.15) is 5.10 Å². The molecular weight excluding hydrogens is 357 g/mol. The lowest BCUT2D eigenvalue weighted by atomic mass is 10.1. The van der Waals surface area contributed by atoms with E-state index in [1.165, 1.54) is 64.2 Å². The molecule has 0 aliphatic heterocycles. The molecule has 0 amide bonds. The molecule has 2 aromatic rings. The maximum absolute atomic E-state index is 12.9. The highest BCUT2D eigenvalue weighted by molar-refractivity contribution is 7.71. The van der Waals surface area contributed by atoms with Crippen molar-refractivity contribution < 1.29 is 4.39 Å². The molecule has 0 saturated carbocycles. The van der Waals surface area contributed by atoms with Crippen LogP contribution in [0, 0.1) is 4.77 Å². The number of benzene rings is 1. The molecule has 0 spiro atoms. The normalized spacial score (nSPS) is 11.2. The molecule has 0 atom stereocenters. The van der Waals surface area contributed by atoms with E-state index in [2.05, 4.69) is 17.1 Å². The third-order valence-electron chi connectivity index (χ3n) is 5.07. The zero-order valence-electron chi connectivity index (χ0n) is 16.7. The van der Waals surface area contributed by atoms with Gasteiger partial charge in [-0.3, -0.25) is 9.67 Å². The van der Waals surface area contributed by atoms with Gasteiger partial charge in [-0.1, -0.05) is 83.3 Å². The first-order chi connectivity index (χ1) is 13.3. The van der Waals surface area contributed by atoms with Gasteiger partial charge in [-0.15, -0.1) is 0 Å². The third kappa shape index (κ3) is 7.57. The summed E-state index contributed by atoms with van der Waals surface area (Å²) in [6, 6.07) is 7.45. The number of unbranched alkanes of at least 4 members (excludes halogenated alkanes) is 10. The van der Waals surface area contributed by atoms with E-state index in [0.717, 1.165) is 24.4 Å². The molecule has 1 aromatic carbocycles. The van der Waals surface area contributed by atoms with Crippen molar-refractivity contribution in [2.75, 3.05) is 0 Å². The number of halogens is 1. The zero-order valence-corrected chi connectivity index (χ0v) is 17.5. The van der Waals surface area contributed by atoms with Crippen molar-refractivity contribution in [3.8, 4) is 5.69 Å². The molecule has 27 heavy (non-hydrogen) atoms. The maximum Gasteiger partial charge on any atom is 0.199 e. The van der Waals surface area contributed by atoms with Crippen molar-refractivity contribution in [1.29, 1.82) is 0 Å². The van der Waals surface area contributed by atoms with Gasteiger partial charge in [0.25, 0.3) is 0 Å². The molecule has 1 N–H and O–H groups in total. The molecule has 3 nitrogen and oxygen atoms in total. The number of aryl methyl sites for hydroxylation is 1. The van der Waals surface area contributed by atoms with E-state index in [0.29, 0.717) is 10.3 Å². The number of H-pyrrole nitrogens is 1. The maximum atomic E-state index is 12.9. The molecule has 5 heteroatoms. The summed E-state index contributed by atoms with van der Waals surface area (Å²) >= 11 is 5.37. The number of hydrogen-bond acceptors (Lipinski definition) is 2. The fourth-order valence-electron chi connectivity index (χ4n) is 3.49. The summed E-state index contributed by atoms with van der Waals surface area (Å²) in [4.78, 5) is 0. The van der Waals surface area contributed by atoms with Crippen LogP contribution in [0.5, 0.6) is 0 Å². The Balaban J connectivity index is 1.69. The predicted octanol–water partition coefficient (Wildman–Crippen LogP) is 7.25. The summed E-state index contributed by atoms with van der Waals surface area (Å²) in [5, 5.41) is 7.27. The molecule has 0 bridgehead atoms. The van der Waals surface area contributed by atoms with Crippen LogP contribution in [0.15, 0.2) is 24.3 Å². The minimum Gasteiger partial charge on any atom is -0.272 e. The second-order valence-corrected chi connectivity index (χ2v) is 7.76. The second-order valence-electron chi connectivity index (χ2n) is 7.37. The molecule has 0 saturated heterocycles. The zero-order chi connectivity index (χ0) is 19.3. The van der Waals surface area contributed by atoms with Gasteiger partial charge >= 0.3 is 0 Å². The molecule has 0 aliphatic carbocycles. The lowest BCUT2D eigenvalue weighted by Crippen LogP contribution is -2.02. The molecule has 0 unspecified atom stereocenters. The Morgan fingerprint density at radius 1 is 0.963 bits per heavy atom. The summed E-state index contributed by atoms with van der Waals surface area (Å²) in [6.07, 6.45) is 15.5. The lowest BCUT2D eigenvalue weighted by Gasteiger charge is -2.08. The number of aromatic amines is 1. The highest BCUT2D eigenvalue weighted by Gasteiger charge is 2.08. The van der Waals surface area contributed by atoms with Gasteiger partial charge in [-0.25, -0.2) is 4.39 Å². The monoisotopic (exact) mass is 391 g/mol. The average molecular weight is 392 g/mol. The Morgan fingerprint density at radius 3 is 2.22 bits per heavy atom. The molecule has 0 aliphatic rings. The summed E-state index contributed by atoms with van der Waals surface area (Å²) in [5.41, 5.74) is 1.55. The second kappa shape index (κ2) is 12.8. The first-order valence-corrected chi connectivity index (χ1v) is 11.0. The largest absolute Gasteiger partial charge is 0.272 e. The summed E-state index contributed by atoms with van der Waals surface area (Å²) in [7, 11) is 0. The SMILES string of the molecule is CCCCCCCCCCCCCc1n[nH]c(=S)n1-c1cccc(CF)c1. The van der Waals surface area contributed by atoms with Crippen LogP contribution in [-0.2, 0) is 13.1 Å². The van der Waals surface area contributed by atoms with Crippen LogP contribution in [-0.4, -0.2) is 14.8 Å². The number of nitrogens with one attached hydrogen (secondary N) is 1. The summed E-state index contributed by atoms with van der Waals surface area (Å²) < 4.78 is 15.5.